The molecular weight excluding hydrogens is 844 g/mol. The third kappa shape index (κ3) is 8.66. The Hall–Kier alpha value is -6.33. The molecule has 3 aromatic carbocycles. The van der Waals surface area contributed by atoms with E-state index in [9.17, 15) is 32.3 Å². The van der Waals surface area contributed by atoms with Gasteiger partial charge in [0.2, 0.25) is 5.91 Å². The molecule has 3 fully saturated rings. The van der Waals surface area contributed by atoms with Crippen LogP contribution in [-0.2, 0) is 25.2 Å². The highest BCUT2D eigenvalue weighted by atomic mass is 19.4. The third-order valence-corrected chi connectivity index (χ3v) is 13.6. The van der Waals surface area contributed by atoms with Crippen LogP contribution < -0.4 is 16.0 Å². The van der Waals surface area contributed by atoms with Gasteiger partial charge in [-0.15, -0.1) is 0 Å². The maximum Gasteiger partial charge on any atom is 0.416 e. The van der Waals surface area contributed by atoms with E-state index in [1.807, 2.05) is 50.2 Å². The fourth-order valence-corrected chi connectivity index (χ4v) is 9.85. The number of carbonyl (C=O) groups excluding carboxylic acids is 4. The molecule has 8 rings (SSSR count). The Bertz CT molecular complexity index is 2590. The van der Waals surface area contributed by atoms with Crippen LogP contribution in [0.1, 0.15) is 126 Å². The van der Waals surface area contributed by atoms with Crippen molar-refractivity contribution in [1.82, 2.24) is 35.1 Å². The second-order valence-corrected chi connectivity index (χ2v) is 18.2. The number of hydrogen-bond acceptors (Lipinski definition) is 9. The Morgan fingerprint density at radius 1 is 0.769 bits per heavy atom. The van der Waals surface area contributed by atoms with Crippen molar-refractivity contribution < 1.29 is 41.8 Å². The minimum Gasteiger partial charge on any atom is -0.453 e. The number of carbonyl (C=O) groups is 4. The van der Waals surface area contributed by atoms with Gasteiger partial charge in [0.15, 0.2) is 5.60 Å². The molecule has 6 atom stereocenters. The Labute approximate surface area is 374 Å². The number of anilines is 1. The van der Waals surface area contributed by atoms with E-state index < -0.39 is 35.6 Å². The zero-order chi connectivity index (χ0) is 46.5. The molecule has 0 aliphatic carbocycles. The summed E-state index contributed by atoms with van der Waals surface area (Å²) >= 11 is 0. The van der Waals surface area contributed by atoms with Crippen molar-refractivity contribution in [3.05, 3.63) is 89.0 Å². The van der Waals surface area contributed by atoms with Crippen LogP contribution in [0.2, 0.25) is 0 Å². The Kier molecular flexibility index (Phi) is 12.2. The number of aromatic nitrogens is 4. The van der Waals surface area contributed by atoms with Crippen LogP contribution in [0.3, 0.4) is 0 Å². The number of likely N-dealkylation sites (tertiary alicyclic amines) is 2. The number of aromatic amines is 2. The lowest BCUT2D eigenvalue weighted by Gasteiger charge is -2.36. The van der Waals surface area contributed by atoms with Gasteiger partial charge in [-0.3, -0.25) is 9.59 Å². The second kappa shape index (κ2) is 17.6. The molecule has 0 radical (unpaired) electrons. The number of benzene rings is 3. The maximum absolute atomic E-state index is 14.0. The van der Waals surface area contributed by atoms with Crippen LogP contribution in [0.25, 0.3) is 22.1 Å². The summed E-state index contributed by atoms with van der Waals surface area (Å²) in [7, 11) is 1.26. The highest BCUT2D eigenvalue weighted by Crippen LogP contribution is 2.48. The number of primary amides is 1. The monoisotopic (exact) mass is 899 g/mol. The SMILES string of the molecule is COC(=O)N[C@H](C(=O)N1CCC[C@H]1c1nc2cc([C@@H]3CC[C@@H](c4ccc5[nH]c([C@@H]6CCCN6C(=O)[C@@](C)(OC(N)=O)C(C)C)nc5c4)N3c3ccc(C(F)(F)F)cc3)ccc2[nH]1)C(C)C. The third-order valence-electron chi connectivity index (χ3n) is 13.6. The summed E-state index contributed by atoms with van der Waals surface area (Å²) in [6, 6.07) is 15.2. The minimum absolute atomic E-state index is 0.179. The summed E-state index contributed by atoms with van der Waals surface area (Å²) in [5.41, 5.74) is 8.60. The fraction of sp³-hybridized carbons (Fsp3) is 0.489. The molecule has 15 nitrogen and oxygen atoms in total. The molecular formula is C47H56F3N9O6. The molecule has 0 bridgehead atoms. The summed E-state index contributed by atoms with van der Waals surface area (Å²) in [6.07, 6.45) is -1.98. The van der Waals surface area contributed by atoms with Crippen molar-refractivity contribution in [2.75, 3.05) is 25.1 Å². The lowest BCUT2D eigenvalue weighted by atomic mass is 9.90. The van der Waals surface area contributed by atoms with Gasteiger partial charge in [0.05, 0.1) is 58.9 Å². The minimum atomic E-state index is -4.50. The number of hydrogen-bond donors (Lipinski definition) is 4. The first kappa shape index (κ1) is 45.2. The molecule has 0 unspecified atom stereocenters. The van der Waals surface area contributed by atoms with E-state index in [0.29, 0.717) is 67.1 Å². The van der Waals surface area contributed by atoms with Crippen molar-refractivity contribution in [2.45, 2.75) is 115 Å². The fourth-order valence-electron chi connectivity index (χ4n) is 9.85. The average Bonchev–Trinajstić information content (AvgIpc) is 4.12. The molecule has 0 saturated carbocycles. The van der Waals surface area contributed by atoms with Crippen molar-refractivity contribution in [3.8, 4) is 0 Å². The summed E-state index contributed by atoms with van der Waals surface area (Å²) in [5.74, 6) is 0.166. The molecule has 65 heavy (non-hydrogen) atoms. The standard InChI is InChI=1S/C47H56F3N9O6/c1-25(2)39(56-45(63)64-6)42(60)57-21-7-9-37(57)40-52-31-17-11-27(23-33(31)54-40)35-19-20-36(59(35)30-15-13-29(14-16-30)47(48,49)50)28-12-18-32-34(24-28)55-41(53-32)38-10-8-22-58(38)43(61)46(5,26(3)4)65-44(51)62/h11-18,23-26,35-39H,7-10,19-22H2,1-6H3,(H2,51,62)(H,52,54)(H,53,55)(H,56,63)/t35-,36-,37-,38-,39-,46-/m0/s1. The molecule has 5 N–H and O–H groups in total. The molecule has 4 amide bonds. The normalized spacial score (nSPS) is 21.7. The van der Waals surface area contributed by atoms with E-state index in [1.165, 1.54) is 19.2 Å². The van der Waals surface area contributed by atoms with Gasteiger partial charge >= 0.3 is 18.4 Å². The van der Waals surface area contributed by atoms with Gasteiger partial charge in [0, 0.05) is 24.7 Å². The molecule has 0 spiro atoms. The first-order valence-electron chi connectivity index (χ1n) is 22.3. The van der Waals surface area contributed by atoms with E-state index in [0.717, 1.165) is 47.1 Å². The number of H-pyrrole nitrogens is 2. The first-order chi connectivity index (χ1) is 30.9. The van der Waals surface area contributed by atoms with Gasteiger partial charge in [-0.2, -0.15) is 13.2 Å². The molecule has 2 aromatic heterocycles. The van der Waals surface area contributed by atoms with Crippen LogP contribution in [0, 0.1) is 11.8 Å². The lowest BCUT2D eigenvalue weighted by Crippen LogP contribution is -2.53. The lowest BCUT2D eigenvalue weighted by molar-refractivity contribution is -0.155. The van der Waals surface area contributed by atoms with Crippen molar-refractivity contribution in [2.24, 2.45) is 17.6 Å². The maximum atomic E-state index is 14.0. The quantitative estimate of drug-likeness (QED) is 0.100. The number of alkyl halides is 3. The number of nitrogens with one attached hydrogen (secondary N) is 3. The number of fused-ring (bicyclic) bond motifs is 2. The van der Waals surface area contributed by atoms with Crippen LogP contribution >= 0.6 is 0 Å². The van der Waals surface area contributed by atoms with Gasteiger partial charge in [0.1, 0.15) is 17.7 Å². The van der Waals surface area contributed by atoms with E-state index in [2.05, 4.69) is 20.2 Å². The predicted octanol–water partition coefficient (Wildman–Crippen LogP) is 8.76. The molecule has 5 aromatic rings. The second-order valence-electron chi connectivity index (χ2n) is 18.2. The summed E-state index contributed by atoms with van der Waals surface area (Å²) < 4.78 is 51.6. The van der Waals surface area contributed by atoms with Crippen molar-refractivity contribution in [1.29, 1.82) is 0 Å². The number of ether oxygens (including phenoxy) is 2. The van der Waals surface area contributed by atoms with Gasteiger partial charge in [-0.05, 0) is 111 Å². The van der Waals surface area contributed by atoms with Crippen LogP contribution in [0.15, 0.2) is 60.7 Å². The number of imidazole rings is 2. The van der Waals surface area contributed by atoms with E-state index in [4.69, 9.17) is 25.2 Å². The Morgan fingerprint density at radius 3 is 1.77 bits per heavy atom. The molecule has 3 aliphatic rings. The molecule has 18 heteroatoms. The zero-order valence-corrected chi connectivity index (χ0v) is 37.4. The van der Waals surface area contributed by atoms with E-state index in [-0.39, 0.29) is 47.8 Å². The van der Waals surface area contributed by atoms with Gasteiger partial charge in [-0.25, -0.2) is 19.6 Å². The van der Waals surface area contributed by atoms with Crippen LogP contribution in [-0.4, -0.2) is 85.6 Å². The number of halogens is 3. The molecule has 5 heterocycles. The van der Waals surface area contributed by atoms with Gasteiger partial charge < -0.3 is 45.2 Å². The van der Waals surface area contributed by atoms with Crippen LogP contribution in [0.4, 0.5) is 28.4 Å². The topological polar surface area (TPSA) is 192 Å². The highest BCUT2D eigenvalue weighted by molar-refractivity contribution is 5.88. The number of amides is 4. The van der Waals surface area contributed by atoms with Crippen LogP contribution in [0.5, 0.6) is 0 Å². The van der Waals surface area contributed by atoms with Crippen molar-refractivity contribution >= 4 is 51.8 Å². The van der Waals surface area contributed by atoms with Crippen molar-refractivity contribution in [3.63, 3.8) is 0 Å². The van der Waals surface area contributed by atoms with E-state index in [1.54, 1.807) is 30.6 Å². The van der Waals surface area contributed by atoms with E-state index >= 15 is 0 Å². The zero-order valence-electron chi connectivity index (χ0n) is 37.4. The summed E-state index contributed by atoms with van der Waals surface area (Å²) in [5, 5.41) is 2.68. The van der Waals surface area contributed by atoms with Gasteiger partial charge in [-0.1, -0.05) is 39.8 Å². The molecule has 3 saturated heterocycles. The number of alkyl carbamates (subject to hydrolysis) is 1. The van der Waals surface area contributed by atoms with Gasteiger partial charge in [0.25, 0.3) is 5.91 Å². The number of rotatable bonds is 11. The Morgan fingerprint density at radius 2 is 1.29 bits per heavy atom. The smallest absolute Gasteiger partial charge is 0.416 e. The average molecular weight is 900 g/mol. The first-order valence-corrected chi connectivity index (χ1v) is 22.3. The number of nitrogens with zero attached hydrogens (tertiary/aromatic N) is 5. The Balaban J connectivity index is 1.09. The largest absolute Gasteiger partial charge is 0.453 e. The summed E-state index contributed by atoms with van der Waals surface area (Å²) in [4.78, 5) is 74.2. The summed E-state index contributed by atoms with van der Waals surface area (Å²) in [6.45, 7) is 9.89. The highest BCUT2D eigenvalue weighted by Gasteiger charge is 2.47. The molecule has 346 valence electrons. The number of methoxy groups -OCH3 is 1. The molecule has 3 aliphatic heterocycles. The predicted molar refractivity (Wildman–Crippen MR) is 236 cm³/mol. The number of nitrogens with two attached hydrogens (primary N) is 1.